The van der Waals surface area contributed by atoms with Crippen molar-refractivity contribution in [2.75, 3.05) is 0 Å². The van der Waals surface area contributed by atoms with Crippen LogP contribution in [-0.2, 0) is 0 Å². The minimum Gasteiger partial charge on any atom is -0.386 e. The van der Waals surface area contributed by atoms with E-state index in [1.54, 1.807) is 97.1 Å². The SMILES string of the molecule is C.Cl.Cl.N[C@@H](c1ccc(Cl)cc1)[C@@H](O)c1cccc(Cl)c1.N[C@H](c1ccc(Cl)cc1)[C@H](O)c1cccc(Cl)c1. The lowest BCUT2D eigenvalue weighted by Gasteiger charge is -2.19. The molecule has 0 aliphatic carbocycles. The molecule has 0 aliphatic heterocycles. The monoisotopic (exact) mass is 650 g/mol. The molecular formula is C29H32Cl6N2O2. The van der Waals surface area contributed by atoms with Crippen LogP contribution >= 0.6 is 71.2 Å². The minimum absolute atomic E-state index is 0. The highest BCUT2D eigenvalue weighted by Crippen LogP contribution is 2.30. The molecule has 212 valence electrons. The number of aliphatic hydroxyl groups excluding tert-OH is 2. The Balaban J connectivity index is 0.000000688. The number of halogens is 6. The van der Waals surface area contributed by atoms with Crippen LogP contribution < -0.4 is 11.5 Å². The van der Waals surface area contributed by atoms with E-state index in [0.717, 1.165) is 11.1 Å². The Morgan fingerprint density at radius 1 is 0.462 bits per heavy atom. The van der Waals surface area contributed by atoms with Crippen molar-refractivity contribution < 1.29 is 10.2 Å². The molecule has 0 heterocycles. The molecule has 4 aromatic rings. The molecule has 0 saturated heterocycles. The fourth-order valence-electron chi connectivity index (χ4n) is 3.53. The first-order valence-electron chi connectivity index (χ1n) is 11.0. The lowest BCUT2D eigenvalue weighted by molar-refractivity contribution is 0.147. The van der Waals surface area contributed by atoms with Crippen LogP contribution in [0.3, 0.4) is 0 Å². The molecule has 0 saturated carbocycles. The van der Waals surface area contributed by atoms with Gasteiger partial charge < -0.3 is 21.7 Å². The highest BCUT2D eigenvalue weighted by Gasteiger charge is 2.20. The van der Waals surface area contributed by atoms with Crippen molar-refractivity contribution in [2.45, 2.75) is 31.7 Å². The van der Waals surface area contributed by atoms with E-state index in [4.69, 9.17) is 57.9 Å². The van der Waals surface area contributed by atoms with Crippen molar-refractivity contribution in [3.05, 3.63) is 139 Å². The molecule has 4 rings (SSSR count). The fourth-order valence-corrected chi connectivity index (χ4v) is 4.18. The molecule has 6 N–H and O–H groups in total. The summed E-state index contributed by atoms with van der Waals surface area (Å²) in [6.07, 6.45) is -1.60. The van der Waals surface area contributed by atoms with Gasteiger partial charge in [0.25, 0.3) is 0 Å². The van der Waals surface area contributed by atoms with Crippen LogP contribution in [0, 0.1) is 0 Å². The molecule has 0 bridgehead atoms. The van der Waals surface area contributed by atoms with Crippen molar-refractivity contribution in [3.63, 3.8) is 0 Å². The van der Waals surface area contributed by atoms with Crippen LogP contribution in [0.25, 0.3) is 0 Å². The summed E-state index contributed by atoms with van der Waals surface area (Å²) < 4.78 is 0. The van der Waals surface area contributed by atoms with Crippen LogP contribution in [0.2, 0.25) is 20.1 Å². The van der Waals surface area contributed by atoms with Crippen molar-refractivity contribution in [3.8, 4) is 0 Å². The van der Waals surface area contributed by atoms with Crippen LogP contribution in [0.5, 0.6) is 0 Å². The van der Waals surface area contributed by atoms with Gasteiger partial charge >= 0.3 is 0 Å². The lowest BCUT2D eigenvalue weighted by atomic mass is 9.97. The first-order valence-corrected chi connectivity index (χ1v) is 12.6. The molecule has 4 aromatic carbocycles. The van der Waals surface area contributed by atoms with E-state index in [1.165, 1.54) is 0 Å². The Labute approximate surface area is 262 Å². The van der Waals surface area contributed by atoms with E-state index in [0.29, 0.717) is 31.2 Å². The molecule has 10 heteroatoms. The van der Waals surface area contributed by atoms with E-state index >= 15 is 0 Å². The van der Waals surface area contributed by atoms with Crippen LogP contribution in [0.4, 0.5) is 0 Å². The Morgan fingerprint density at radius 2 is 0.769 bits per heavy atom. The van der Waals surface area contributed by atoms with Crippen molar-refractivity contribution in [1.29, 1.82) is 0 Å². The van der Waals surface area contributed by atoms with Crippen LogP contribution in [-0.4, -0.2) is 10.2 Å². The topological polar surface area (TPSA) is 92.5 Å². The maximum absolute atomic E-state index is 10.2. The zero-order valence-corrected chi connectivity index (χ0v) is 24.6. The summed E-state index contributed by atoms with van der Waals surface area (Å²) in [5.74, 6) is 0. The van der Waals surface area contributed by atoms with Gasteiger partial charge in [-0.2, -0.15) is 0 Å². The summed E-state index contributed by atoms with van der Waals surface area (Å²) in [6, 6.07) is 27.3. The lowest BCUT2D eigenvalue weighted by Crippen LogP contribution is -2.19. The summed E-state index contributed by atoms with van der Waals surface area (Å²) in [5, 5.41) is 22.9. The van der Waals surface area contributed by atoms with E-state index in [-0.39, 0.29) is 32.2 Å². The van der Waals surface area contributed by atoms with Gasteiger partial charge in [0.05, 0.1) is 24.3 Å². The summed E-state index contributed by atoms with van der Waals surface area (Å²) >= 11 is 23.4. The van der Waals surface area contributed by atoms with Crippen molar-refractivity contribution in [1.82, 2.24) is 0 Å². The van der Waals surface area contributed by atoms with Crippen molar-refractivity contribution in [2.24, 2.45) is 11.5 Å². The average molecular weight is 653 g/mol. The first-order chi connectivity index (χ1) is 17.2. The highest BCUT2D eigenvalue weighted by molar-refractivity contribution is 6.31. The van der Waals surface area contributed by atoms with Crippen LogP contribution in [0.1, 0.15) is 54.0 Å². The molecule has 4 atom stereocenters. The van der Waals surface area contributed by atoms with Gasteiger partial charge in [0.1, 0.15) is 0 Å². The number of nitrogens with two attached hydrogens (primary N) is 2. The third-order valence-corrected chi connectivity index (χ3v) is 6.54. The third kappa shape index (κ3) is 11.1. The van der Waals surface area contributed by atoms with Gasteiger partial charge in [-0.25, -0.2) is 0 Å². The molecule has 0 amide bonds. The molecule has 0 spiro atoms. The number of aliphatic hydroxyl groups is 2. The van der Waals surface area contributed by atoms with Gasteiger partial charge in [0.15, 0.2) is 0 Å². The second kappa shape index (κ2) is 18.0. The van der Waals surface area contributed by atoms with Gasteiger partial charge in [-0.3, -0.25) is 0 Å². The maximum atomic E-state index is 10.2. The number of hydrogen-bond acceptors (Lipinski definition) is 4. The van der Waals surface area contributed by atoms with E-state index < -0.39 is 24.3 Å². The Morgan fingerprint density at radius 3 is 1.05 bits per heavy atom. The van der Waals surface area contributed by atoms with E-state index in [2.05, 4.69) is 0 Å². The zero-order chi connectivity index (χ0) is 26.2. The largest absolute Gasteiger partial charge is 0.386 e. The molecule has 0 aliphatic rings. The molecule has 0 unspecified atom stereocenters. The summed E-state index contributed by atoms with van der Waals surface area (Å²) in [5.41, 5.74) is 15.1. The zero-order valence-electron chi connectivity index (χ0n) is 19.9. The second-order valence-corrected chi connectivity index (χ2v) is 9.90. The quantitative estimate of drug-likeness (QED) is 0.167. The predicted octanol–water partition coefficient (Wildman–Crippen LogP) is 8.93. The first kappa shape index (κ1) is 37.5. The molecule has 0 aromatic heterocycles. The Bertz CT molecular complexity index is 1160. The van der Waals surface area contributed by atoms with E-state index in [1.807, 2.05) is 0 Å². The summed E-state index contributed by atoms with van der Waals surface area (Å²) in [4.78, 5) is 0. The third-order valence-electron chi connectivity index (χ3n) is 5.57. The smallest absolute Gasteiger partial charge is 0.0983 e. The second-order valence-electron chi connectivity index (χ2n) is 8.15. The normalized spacial score (nSPS) is 13.1. The standard InChI is InChI=1S/2C14H13Cl2NO.CH4.2ClH/c2*15-11-6-4-9(5-7-11)13(17)14(18)10-2-1-3-12(16)8-10;;;/h2*1-8,13-14,18H,17H2;1H4;2*1H/t2*13-,14-;;;/m10.../s1. The molecule has 39 heavy (non-hydrogen) atoms. The summed E-state index contributed by atoms with van der Waals surface area (Å²) in [6.45, 7) is 0. The Hall–Kier alpha value is -1.54. The molecule has 4 nitrogen and oxygen atoms in total. The van der Waals surface area contributed by atoms with Gasteiger partial charge in [-0.05, 0) is 70.8 Å². The average Bonchev–Trinajstić information content (AvgIpc) is 2.88. The maximum Gasteiger partial charge on any atom is 0.0983 e. The van der Waals surface area contributed by atoms with Gasteiger partial charge in [-0.1, -0.05) is 102 Å². The minimum atomic E-state index is -0.801. The number of benzene rings is 4. The van der Waals surface area contributed by atoms with Crippen molar-refractivity contribution >= 4 is 71.2 Å². The molecular weight excluding hydrogens is 621 g/mol. The molecule has 0 fully saturated rings. The van der Waals surface area contributed by atoms with Gasteiger partial charge in [-0.15, -0.1) is 24.8 Å². The fraction of sp³-hybridized carbons (Fsp3) is 0.172. The van der Waals surface area contributed by atoms with Crippen LogP contribution in [0.15, 0.2) is 97.1 Å². The molecule has 0 radical (unpaired) electrons. The predicted molar refractivity (Wildman–Crippen MR) is 171 cm³/mol. The number of rotatable bonds is 6. The van der Waals surface area contributed by atoms with Gasteiger partial charge in [0, 0.05) is 20.1 Å². The summed E-state index contributed by atoms with van der Waals surface area (Å²) in [7, 11) is 0. The van der Waals surface area contributed by atoms with Gasteiger partial charge in [0.2, 0.25) is 0 Å². The highest BCUT2D eigenvalue weighted by atomic mass is 35.5. The Kier molecular flexibility index (Phi) is 17.3. The number of hydrogen-bond donors (Lipinski definition) is 4. The van der Waals surface area contributed by atoms with E-state index in [9.17, 15) is 10.2 Å².